The van der Waals surface area contributed by atoms with Crippen LogP contribution >= 0.6 is 0 Å². The average molecular weight is 261 g/mol. The van der Waals surface area contributed by atoms with E-state index >= 15 is 0 Å². The Morgan fingerprint density at radius 3 is 2.63 bits per heavy atom. The first-order chi connectivity index (χ1) is 9.15. The van der Waals surface area contributed by atoms with Gasteiger partial charge in [0.1, 0.15) is 6.04 Å². The molecule has 4 nitrogen and oxygen atoms in total. The van der Waals surface area contributed by atoms with Crippen molar-refractivity contribution in [1.29, 1.82) is 0 Å². The summed E-state index contributed by atoms with van der Waals surface area (Å²) in [6, 6.07) is 9.22. The Balaban J connectivity index is 2.13. The van der Waals surface area contributed by atoms with E-state index in [9.17, 15) is 9.59 Å². The Bertz CT molecular complexity index is 458. The SMILES string of the molecule is COC(=O)C1CCCN1C(=O)C(C)c1ccccc1. The Kier molecular flexibility index (Phi) is 4.20. The fourth-order valence-corrected chi connectivity index (χ4v) is 2.54. The van der Waals surface area contributed by atoms with Crippen LogP contribution in [0.1, 0.15) is 31.2 Å². The number of likely N-dealkylation sites (tertiary alicyclic amines) is 1. The number of rotatable bonds is 3. The molecule has 0 N–H and O–H groups in total. The molecule has 19 heavy (non-hydrogen) atoms. The summed E-state index contributed by atoms with van der Waals surface area (Å²) in [5.41, 5.74) is 0.975. The molecule has 102 valence electrons. The molecule has 1 aliphatic heterocycles. The second-order valence-corrected chi connectivity index (χ2v) is 4.85. The van der Waals surface area contributed by atoms with Crippen LogP contribution in [0.2, 0.25) is 0 Å². The minimum absolute atomic E-state index is 0.000833. The number of ether oxygens (including phenoxy) is 1. The van der Waals surface area contributed by atoms with E-state index in [4.69, 9.17) is 4.74 Å². The zero-order chi connectivity index (χ0) is 13.8. The van der Waals surface area contributed by atoms with Crippen molar-refractivity contribution < 1.29 is 14.3 Å². The molecule has 1 amide bonds. The number of amides is 1. The topological polar surface area (TPSA) is 46.6 Å². The van der Waals surface area contributed by atoms with Crippen LogP contribution in [0.5, 0.6) is 0 Å². The van der Waals surface area contributed by atoms with Crippen LogP contribution in [0.4, 0.5) is 0 Å². The van der Waals surface area contributed by atoms with Crippen LogP contribution in [0, 0.1) is 0 Å². The highest BCUT2D eigenvalue weighted by atomic mass is 16.5. The monoisotopic (exact) mass is 261 g/mol. The second kappa shape index (κ2) is 5.87. The first kappa shape index (κ1) is 13.6. The van der Waals surface area contributed by atoms with Crippen LogP contribution in [-0.2, 0) is 14.3 Å². The summed E-state index contributed by atoms with van der Waals surface area (Å²) in [7, 11) is 1.37. The summed E-state index contributed by atoms with van der Waals surface area (Å²) in [6.07, 6.45) is 1.55. The van der Waals surface area contributed by atoms with E-state index in [1.54, 1.807) is 4.90 Å². The van der Waals surface area contributed by atoms with Crippen molar-refractivity contribution in [3.8, 4) is 0 Å². The van der Waals surface area contributed by atoms with Crippen molar-refractivity contribution in [3.63, 3.8) is 0 Å². The van der Waals surface area contributed by atoms with E-state index in [0.29, 0.717) is 13.0 Å². The van der Waals surface area contributed by atoms with Crippen LogP contribution < -0.4 is 0 Å². The molecule has 0 radical (unpaired) electrons. The van der Waals surface area contributed by atoms with Gasteiger partial charge in [-0.15, -0.1) is 0 Å². The zero-order valence-electron chi connectivity index (χ0n) is 11.3. The molecule has 1 aliphatic rings. The first-order valence-electron chi connectivity index (χ1n) is 6.58. The Labute approximate surface area is 113 Å². The highest BCUT2D eigenvalue weighted by Gasteiger charge is 2.36. The Hall–Kier alpha value is -1.84. The molecule has 0 aromatic heterocycles. The quantitative estimate of drug-likeness (QED) is 0.781. The minimum atomic E-state index is -0.413. The fourth-order valence-electron chi connectivity index (χ4n) is 2.54. The summed E-state index contributed by atoms with van der Waals surface area (Å²) in [4.78, 5) is 25.8. The molecule has 1 heterocycles. The number of methoxy groups -OCH3 is 1. The van der Waals surface area contributed by atoms with Gasteiger partial charge in [-0.3, -0.25) is 4.79 Å². The van der Waals surface area contributed by atoms with E-state index in [-0.39, 0.29) is 17.8 Å². The average Bonchev–Trinajstić information content (AvgIpc) is 2.95. The van der Waals surface area contributed by atoms with Crippen LogP contribution in [0.15, 0.2) is 30.3 Å². The molecule has 0 saturated carbocycles. The largest absolute Gasteiger partial charge is 0.467 e. The highest BCUT2D eigenvalue weighted by molar-refractivity contribution is 5.88. The lowest BCUT2D eigenvalue weighted by Gasteiger charge is -2.26. The number of hydrogen-bond donors (Lipinski definition) is 0. The third-order valence-electron chi connectivity index (χ3n) is 3.68. The fraction of sp³-hybridized carbons (Fsp3) is 0.467. The molecule has 2 rings (SSSR count). The predicted molar refractivity (Wildman–Crippen MR) is 71.6 cm³/mol. The Morgan fingerprint density at radius 2 is 2.00 bits per heavy atom. The van der Waals surface area contributed by atoms with Crippen molar-refractivity contribution in [1.82, 2.24) is 4.90 Å². The number of carbonyl (C=O) groups is 2. The summed E-state index contributed by atoms with van der Waals surface area (Å²) in [5, 5.41) is 0. The molecule has 1 saturated heterocycles. The van der Waals surface area contributed by atoms with Gasteiger partial charge in [0.15, 0.2) is 0 Å². The van der Waals surface area contributed by atoms with Gasteiger partial charge in [0.25, 0.3) is 0 Å². The van der Waals surface area contributed by atoms with Gasteiger partial charge in [-0.25, -0.2) is 4.79 Å². The van der Waals surface area contributed by atoms with Gasteiger partial charge in [-0.1, -0.05) is 30.3 Å². The van der Waals surface area contributed by atoms with Gasteiger partial charge >= 0.3 is 5.97 Å². The first-order valence-corrected chi connectivity index (χ1v) is 6.58. The number of esters is 1. The lowest BCUT2D eigenvalue weighted by Crippen LogP contribution is -2.42. The van der Waals surface area contributed by atoms with Crippen molar-refractivity contribution >= 4 is 11.9 Å². The van der Waals surface area contributed by atoms with Crippen molar-refractivity contribution in [2.75, 3.05) is 13.7 Å². The summed E-state index contributed by atoms with van der Waals surface area (Å²) in [6.45, 7) is 2.51. The van der Waals surface area contributed by atoms with Crippen LogP contribution in [0.3, 0.4) is 0 Å². The molecule has 0 spiro atoms. The maximum Gasteiger partial charge on any atom is 0.328 e. The van der Waals surface area contributed by atoms with Gasteiger partial charge < -0.3 is 9.64 Å². The van der Waals surface area contributed by atoms with Gasteiger partial charge in [0, 0.05) is 6.54 Å². The molecule has 1 aromatic rings. The van der Waals surface area contributed by atoms with E-state index < -0.39 is 6.04 Å². The molecule has 0 bridgehead atoms. The predicted octanol–water partition coefficient (Wildman–Crippen LogP) is 1.95. The van der Waals surface area contributed by atoms with Gasteiger partial charge in [-0.05, 0) is 25.3 Å². The third kappa shape index (κ3) is 2.78. The lowest BCUT2D eigenvalue weighted by atomic mass is 9.99. The summed E-state index contributed by atoms with van der Waals surface area (Å²) in [5.74, 6) is -0.545. The Morgan fingerprint density at radius 1 is 1.32 bits per heavy atom. The third-order valence-corrected chi connectivity index (χ3v) is 3.68. The molecule has 2 unspecified atom stereocenters. The zero-order valence-corrected chi connectivity index (χ0v) is 11.3. The van der Waals surface area contributed by atoms with Crippen molar-refractivity contribution in [2.45, 2.75) is 31.7 Å². The number of carbonyl (C=O) groups excluding carboxylic acids is 2. The van der Waals surface area contributed by atoms with E-state index in [1.807, 2.05) is 37.3 Å². The van der Waals surface area contributed by atoms with E-state index in [0.717, 1.165) is 12.0 Å². The maximum absolute atomic E-state index is 12.5. The maximum atomic E-state index is 12.5. The molecule has 2 atom stereocenters. The molecular weight excluding hydrogens is 242 g/mol. The molecule has 0 aliphatic carbocycles. The van der Waals surface area contributed by atoms with Crippen molar-refractivity contribution in [3.05, 3.63) is 35.9 Å². The van der Waals surface area contributed by atoms with Crippen molar-refractivity contribution in [2.24, 2.45) is 0 Å². The molecule has 1 aromatic carbocycles. The standard InChI is InChI=1S/C15H19NO3/c1-11(12-7-4-3-5-8-12)14(17)16-10-6-9-13(16)15(18)19-2/h3-5,7-8,11,13H,6,9-10H2,1-2H3. The second-order valence-electron chi connectivity index (χ2n) is 4.85. The number of nitrogens with zero attached hydrogens (tertiary/aromatic N) is 1. The van der Waals surface area contributed by atoms with Crippen LogP contribution in [0.25, 0.3) is 0 Å². The van der Waals surface area contributed by atoms with Gasteiger partial charge in [0.05, 0.1) is 13.0 Å². The lowest BCUT2D eigenvalue weighted by molar-refractivity contribution is -0.151. The highest BCUT2D eigenvalue weighted by Crippen LogP contribution is 2.25. The van der Waals surface area contributed by atoms with Gasteiger partial charge in [-0.2, -0.15) is 0 Å². The smallest absolute Gasteiger partial charge is 0.328 e. The van der Waals surface area contributed by atoms with E-state index in [2.05, 4.69) is 0 Å². The minimum Gasteiger partial charge on any atom is -0.467 e. The normalized spacial score (nSPS) is 20.1. The van der Waals surface area contributed by atoms with E-state index in [1.165, 1.54) is 7.11 Å². The molecule has 1 fully saturated rings. The summed E-state index contributed by atoms with van der Waals surface area (Å²) < 4.78 is 4.77. The summed E-state index contributed by atoms with van der Waals surface area (Å²) >= 11 is 0. The molecular formula is C15H19NO3. The van der Waals surface area contributed by atoms with Crippen LogP contribution in [-0.4, -0.2) is 36.5 Å². The number of hydrogen-bond acceptors (Lipinski definition) is 3. The molecule has 4 heteroatoms. The van der Waals surface area contributed by atoms with Gasteiger partial charge in [0.2, 0.25) is 5.91 Å². The number of benzene rings is 1.